The van der Waals surface area contributed by atoms with Crippen molar-refractivity contribution in [2.45, 2.75) is 33.2 Å². The predicted octanol–water partition coefficient (Wildman–Crippen LogP) is 4.15. The standard InChI is InChI=1S/C20H24N2O/c1-15-8-7-9-16(2)19(15)21-20(23)18-11-4-3-10-17(18)14-22-12-5-6-13-22/h3-4,7-11H,5-6,12-14H2,1-2H3,(H,21,23). The van der Waals surface area contributed by atoms with E-state index in [9.17, 15) is 4.79 Å². The number of carbonyl (C=O) groups excluding carboxylic acids is 1. The summed E-state index contributed by atoms with van der Waals surface area (Å²) < 4.78 is 0. The first-order chi connectivity index (χ1) is 11.1. The maximum atomic E-state index is 12.8. The average molecular weight is 308 g/mol. The molecule has 1 saturated heterocycles. The maximum absolute atomic E-state index is 12.8. The van der Waals surface area contributed by atoms with Crippen molar-refractivity contribution >= 4 is 11.6 Å². The minimum atomic E-state index is -0.0165. The minimum absolute atomic E-state index is 0.0165. The van der Waals surface area contributed by atoms with Crippen LogP contribution in [-0.2, 0) is 6.54 Å². The first-order valence-electron chi connectivity index (χ1n) is 8.33. The SMILES string of the molecule is Cc1cccc(C)c1NC(=O)c1ccccc1CN1CCCC1. The van der Waals surface area contributed by atoms with Gasteiger partial charge in [0, 0.05) is 17.8 Å². The zero-order valence-corrected chi connectivity index (χ0v) is 13.9. The van der Waals surface area contributed by atoms with Gasteiger partial charge in [0.1, 0.15) is 0 Å². The van der Waals surface area contributed by atoms with Crippen molar-refractivity contribution < 1.29 is 4.79 Å². The summed E-state index contributed by atoms with van der Waals surface area (Å²) >= 11 is 0. The van der Waals surface area contributed by atoms with Crippen LogP contribution in [0.15, 0.2) is 42.5 Å². The monoisotopic (exact) mass is 308 g/mol. The fourth-order valence-electron chi connectivity index (χ4n) is 3.25. The number of rotatable bonds is 4. The molecule has 0 atom stereocenters. The molecule has 1 aliphatic rings. The van der Waals surface area contributed by atoms with E-state index in [-0.39, 0.29) is 5.91 Å². The molecular weight excluding hydrogens is 284 g/mol. The van der Waals surface area contributed by atoms with Crippen LogP contribution >= 0.6 is 0 Å². The summed E-state index contributed by atoms with van der Waals surface area (Å²) in [7, 11) is 0. The molecule has 0 saturated carbocycles. The summed E-state index contributed by atoms with van der Waals surface area (Å²) in [6, 6.07) is 14.0. The quantitative estimate of drug-likeness (QED) is 0.920. The molecule has 1 aliphatic heterocycles. The number of carbonyl (C=O) groups is 1. The van der Waals surface area contributed by atoms with Crippen molar-refractivity contribution in [2.75, 3.05) is 18.4 Å². The van der Waals surface area contributed by atoms with Crippen LogP contribution in [0.4, 0.5) is 5.69 Å². The highest BCUT2D eigenvalue weighted by Gasteiger charge is 2.17. The number of benzene rings is 2. The van der Waals surface area contributed by atoms with E-state index in [1.54, 1.807) is 0 Å². The molecule has 1 fully saturated rings. The van der Waals surface area contributed by atoms with Crippen LogP contribution in [0, 0.1) is 13.8 Å². The summed E-state index contributed by atoms with van der Waals surface area (Å²) in [4.78, 5) is 15.2. The molecule has 2 aromatic rings. The molecule has 2 aromatic carbocycles. The van der Waals surface area contributed by atoms with E-state index >= 15 is 0 Å². The lowest BCUT2D eigenvalue weighted by atomic mass is 10.0. The Bertz CT molecular complexity index is 682. The number of nitrogens with zero attached hydrogens (tertiary/aromatic N) is 1. The molecule has 0 spiro atoms. The first kappa shape index (κ1) is 15.8. The topological polar surface area (TPSA) is 32.3 Å². The maximum Gasteiger partial charge on any atom is 0.256 e. The Labute approximate surface area is 138 Å². The van der Waals surface area contributed by atoms with Crippen LogP contribution in [0.25, 0.3) is 0 Å². The summed E-state index contributed by atoms with van der Waals surface area (Å²) in [5.74, 6) is -0.0165. The predicted molar refractivity (Wildman–Crippen MR) is 94.8 cm³/mol. The number of hydrogen-bond acceptors (Lipinski definition) is 2. The molecular formula is C20H24N2O. The third kappa shape index (κ3) is 3.62. The molecule has 1 N–H and O–H groups in total. The van der Waals surface area contributed by atoms with Gasteiger partial charge in [0.15, 0.2) is 0 Å². The van der Waals surface area contributed by atoms with E-state index < -0.39 is 0 Å². The summed E-state index contributed by atoms with van der Waals surface area (Å²) in [6.45, 7) is 7.17. The van der Waals surface area contributed by atoms with Crippen molar-refractivity contribution in [3.63, 3.8) is 0 Å². The second-order valence-electron chi connectivity index (χ2n) is 6.36. The molecule has 3 rings (SSSR count). The van der Waals surface area contributed by atoms with Gasteiger partial charge >= 0.3 is 0 Å². The van der Waals surface area contributed by atoms with Crippen LogP contribution in [0.3, 0.4) is 0 Å². The molecule has 0 radical (unpaired) electrons. The minimum Gasteiger partial charge on any atom is -0.321 e. The number of amides is 1. The van der Waals surface area contributed by atoms with Crippen molar-refractivity contribution in [1.82, 2.24) is 4.90 Å². The Hall–Kier alpha value is -2.13. The molecule has 3 nitrogen and oxygen atoms in total. The molecule has 1 amide bonds. The third-order valence-corrected chi connectivity index (χ3v) is 4.57. The van der Waals surface area contributed by atoms with Crippen molar-refractivity contribution in [3.05, 3.63) is 64.7 Å². The van der Waals surface area contributed by atoms with Gasteiger partial charge in [0.05, 0.1) is 0 Å². The highest BCUT2D eigenvalue weighted by Crippen LogP contribution is 2.22. The van der Waals surface area contributed by atoms with Gasteiger partial charge in [-0.15, -0.1) is 0 Å². The summed E-state index contributed by atoms with van der Waals surface area (Å²) in [6.07, 6.45) is 2.52. The fourth-order valence-corrected chi connectivity index (χ4v) is 3.25. The van der Waals surface area contributed by atoms with Gasteiger partial charge in [-0.3, -0.25) is 9.69 Å². The largest absolute Gasteiger partial charge is 0.321 e. The van der Waals surface area contributed by atoms with Gasteiger partial charge in [0.25, 0.3) is 5.91 Å². The second kappa shape index (κ2) is 6.97. The number of anilines is 1. The Morgan fingerprint density at radius 3 is 2.35 bits per heavy atom. The molecule has 0 unspecified atom stereocenters. The summed E-state index contributed by atoms with van der Waals surface area (Å²) in [5.41, 5.74) is 5.00. The molecule has 0 bridgehead atoms. The van der Waals surface area contributed by atoms with Crippen molar-refractivity contribution in [1.29, 1.82) is 0 Å². The molecule has 0 aliphatic carbocycles. The second-order valence-corrected chi connectivity index (χ2v) is 6.36. The highest BCUT2D eigenvalue weighted by molar-refractivity contribution is 6.06. The van der Waals surface area contributed by atoms with E-state index in [0.29, 0.717) is 0 Å². The van der Waals surface area contributed by atoms with Gasteiger partial charge in [-0.2, -0.15) is 0 Å². The van der Waals surface area contributed by atoms with Gasteiger partial charge in [-0.1, -0.05) is 36.4 Å². The average Bonchev–Trinajstić information content (AvgIpc) is 3.04. The first-order valence-corrected chi connectivity index (χ1v) is 8.33. The van der Waals surface area contributed by atoms with Crippen LogP contribution in [-0.4, -0.2) is 23.9 Å². The lowest BCUT2D eigenvalue weighted by Gasteiger charge is -2.18. The molecule has 23 heavy (non-hydrogen) atoms. The van der Waals surface area contributed by atoms with Crippen LogP contribution in [0.2, 0.25) is 0 Å². The van der Waals surface area contributed by atoms with E-state index in [1.807, 2.05) is 50.2 Å². The number of para-hydroxylation sites is 1. The Morgan fingerprint density at radius 1 is 1.00 bits per heavy atom. The van der Waals surface area contributed by atoms with Gasteiger partial charge in [-0.05, 0) is 62.5 Å². The Kier molecular flexibility index (Phi) is 4.77. The number of nitrogens with one attached hydrogen (secondary N) is 1. The molecule has 3 heteroatoms. The van der Waals surface area contributed by atoms with Crippen molar-refractivity contribution in [2.24, 2.45) is 0 Å². The zero-order valence-electron chi connectivity index (χ0n) is 13.9. The van der Waals surface area contributed by atoms with E-state index in [4.69, 9.17) is 0 Å². The van der Waals surface area contributed by atoms with Crippen LogP contribution < -0.4 is 5.32 Å². The van der Waals surface area contributed by atoms with E-state index in [2.05, 4.69) is 16.3 Å². The smallest absolute Gasteiger partial charge is 0.256 e. The van der Waals surface area contributed by atoms with Gasteiger partial charge in [0.2, 0.25) is 0 Å². The molecule has 120 valence electrons. The Balaban J connectivity index is 1.82. The lowest BCUT2D eigenvalue weighted by molar-refractivity contribution is 0.102. The Morgan fingerprint density at radius 2 is 1.65 bits per heavy atom. The van der Waals surface area contributed by atoms with E-state index in [0.717, 1.165) is 47.6 Å². The summed E-state index contributed by atoms with van der Waals surface area (Å²) in [5, 5.41) is 3.10. The number of hydrogen-bond donors (Lipinski definition) is 1. The van der Waals surface area contributed by atoms with Crippen LogP contribution in [0.1, 0.15) is 39.9 Å². The van der Waals surface area contributed by atoms with Gasteiger partial charge in [-0.25, -0.2) is 0 Å². The number of aryl methyl sites for hydroxylation is 2. The third-order valence-electron chi connectivity index (χ3n) is 4.57. The number of likely N-dealkylation sites (tertiary alicyclic amines) is 1. The van der Waals surface area contributed by atoms with Crippen LogP contribution in [0.5, 0.6) is 0 Å². The van der Waals surface area contributed by atoms with Gasteiger partial charge < -0.3 is 5.32 Å². The lowest BCUT2D eigenvalue weighted by Crippen LogP contribution is -2.22. The molecule has 0 aromatic heterocycles. The van der Waals surface area contributed by atoms with Crippen molar-refractivity contribution in [3.8, 4) is 0 Å². The van der Waals surface area contributed by atoms with E-state index in [1.165, 1.54) is 12.8 Å². The zero-order chi connectivity index (χ0) is 16.2. The highest BCUT2D eigenvalue weighted by atomic mass is 16.1. The molecule has 1 heterocycles. The fraction of sp³-hybridized carbons (Fsp3) is 0.350. The normalized spacial score (nSPS) is 14.9.